The highest BCUT2D eigenvalue weighted by atomic mass is 16.5. The van der Waals surface area contributed by atoms with Crippen molar-refractivity contribution in [3.8, 4) is 11.8 Å². The lowest BCUT2D eigenvalue weighted by Gasteiger charge is -2.27. The molecule has 1 aromatic carbocycles. The van der Waals surface area contributed by atoms with Crippen molar-refractivity contribution in [2.24, 2.45) is 0 Å². The fraction of sp³-hybridized carbons (Fsp3) is 0.200. The molecule has 0 bridgehead atoms. The normalized spacial score (nSPS) is 16.9. The first-order valence-corrected chi connectivity index (χ1v) is 6.22. The van der Waals surface area contributed by atoms with Crippen LogP contribution in [0.1, 0.15) is 23.7 Å². The fourth-order valence-corrected chi connectivity index (χ4v) is 2.25. The standard InChI is InChI=1S/C15H13N3O/c16-10-11-4-3-7-15(17-11)18-13-8-9-19-14-6-2-1-5-12(13)14/h1-7,13H,8-9H2,(H,17,18). The van der Waals surface area contributed by atoms with Crippen LogP contribution < -0.4 is 10.1 Å². The van der Waals surface area contributed by atoms with Gasteiger partial charge in [-0.2, -0.15) is 5.26 Å². The molecule has 2 heterocycles. The van der Waals surface area contributed by atoms with Gasteiger partial charge < -0.3 is 10.1 Å². The number of nitriles is 1. The maximum absolute atomic E-state index is 8.87. The zero-order valence-corrected chi connectivity index (χ0v) is 10.3. The third-order valence-electron chi connectivity index (χ3n) is 3.14. The predicted molar refractivity (Wildman–Crippen MR) is 71.9 cm³/mol. The van der Waals surface area contributed by atoms with Gasteiger partial charge in [0.1, 0.15) is 23.3 Å². The Morgan fingerprint density at radius 3 is 3.00 bits per heavy atom. The van der Waals surface area contributed by atoms with Crippen LogP contribution >= 0.6 is 0 Å². The molecular weight excluding hydrogens is 238 g/mol. The van der Waals surface area contributed by atoms with Crippen molar-refractivity contribution in [2.45, 2.75) is 12.5 Å². The molecule has 1 aliphatic rings. The Morgan fingerprint density at radius 1 is 1.21 bits per heavy atom. The number of anilines is 1. The van der Waals surface area contributed by atoms with E-state index in [9.17, 15) is 0 Å². The minimum absolute atomic E-state index is 0.173. The van der Waals surface area contributed by atoms with E-state index in [4.69, 9.17) is 10.00 Å². The van der Waals surface area contributed by atoms with E-state index in [2.05, 4.69) is 16.4 Å². The largest absolute Gasteiger partial charge is 0.493 e. The molecule has 0 saturated heterocycles. The van der Waals surface area contributed by atoms with E-state index in [1.807, 2.05) is 36.4 Å². The quantitative estimate of drug-likeness (QED) is 0.891. The van der Waals surface area contributed by atoms with Crippen LogP contribution in [0.15, 0.2) is 42.5 Å². The number of para-hydroxylation sites is 1. The number of fused-ring (bicyclic) bond motifs is 1. The Morgan fingerprint density at radius 2 is 2.11 bits per heavy atom. The van der Waals surface area contributed by atoms with E-state index in [1.54, 1.807) is 6.07 Å². The number of nitrogens with one attached hydrogen (secondary N) is 1. The van der Waals surface area contributed by atoms with Gasteiger partial charge in [0.15, 0.2) is 0 Å². The highest BCUT2D eigenvalue weighted by Gasteiger charge is 2.20. The molecule has 1 atom stereocenters. The Hall–Kier alpha value is -2.54. The van der Waals surface area contributed by atoms with Gasteiger partial charge >= 0.3 is 0 Å². The summed E-state index contributed by atoms with van der Waals surface area (Å²) >= 11 is 0. The van der Waals surface area contributed by atoms with E-state index in [0.717, 1.165) is 23.6 Å². The number of hydrogen-bond acceptors (Lipinski definition) is 4. The minimum atomic E-state index is 0.173. The third-order valence-corrected chi connectivity index (χ3v) is 3.14. The van der Waals surface area contributed by atoms with Crippen LogP contribution in [0.5, 0.6) is 5.75 Å². The Balaban J connectivity index is 1.86. The van der Waals surface area contributed by atoms with Crippen molar-refractivity contribution < 1.29 is 4.74 Å². The lowest BCUT2D eigenvalue weighted by Crippen LogP contribution is -2.20. The Labute approximate surface area is 111 Å². The van der Waals surface area contributed by atoms with Crippen molar-refractivity contribution in [1.29, 1.82) is 5.26 Å². The summed E-state index contributed by atoms with van der Waals surface area (Å²) in [7, 11) is 0. The topological polar surface area (TPSA) is 57.9 Å². The molecule has 94 valence electrons. The van der Waals surface area contributed by atoms with Crippen molar-refractivity contribution in [2.75, 3.05) is 11.9 Å². The molecule has 0 amide bonds. The maximum Gasteiger partial charge on any atom is 0.142 e. The van der Waals surface area contributed by atoms with Crippen LogP contribution in [0.4, 0.5) is 5.82 Å². The number of hydrogen-bond donors (Lipinski definition) is 1. The molecule has 1 aromatic heterocycles. The van der Waals surface area contributed by atoms with Crippen molar-refractivity contribution in [3.05, 3.63) is 53.7 Å². The summed E-state index contributed by atoms with van der Waals surface area (Å²) in [4.78, 5) is 4.25. The molecule has 4 heteroatoms. The summed E-state index contributed by atoms with van der Waals surface area (Å²) in [6, 6.07) is 15.6. The van der Waals surface area contributed by atoms with Gasteiger partial charge in [0, 0.05) is 12.0 Å². The van der Waals surface area contributed by atoms with E-state index in [0.29, 0.717) is 12.3 Å². The molecule has 2 aromatic rings. The van der Waals surface area contributed by atoms with E-state index >= 15 is 0 Å². The zero-order valence-electron chi connectivity index (χ0n) is 10.3. The smallest absolute Gasteiger partial charge is 0.142 e. The molecule has 0 radical (unpaired) electrons. The first-order valence-electron chi connectivity index (χ1n) is 6.22. The molecular formula is C15H13N3O. The van der Waals surface area contributed by atoms with Crippen LogP contribution in [0, 0.1) is 11.3 Å². The zero-order chi connectivity index (χ0) is 13.1. The van der Waals surface area contributed by atoms with Gasteiger partial charge in [-0.25, -0.2) is 4.98 Å². The van der Waals surface area contributed by atoms with E-state index in [1.165, 1.54) is 0 Å². The van der Waals surface area contributed by atoms with Crippen molar-refractivity contribution >= 4 is 5.82 Å². The number of aromatic nitrogens is 1. The van der Waals surface area contributed by atoms with Crippen LogP contribution in [-0.4, -0.2) is 11.6 Å². The molecule has 1 unspecified atom stereocenters. The summed E-state index contributed by atoms with van der Waals surface area (Å²) in [5.41, 5.74) is 1.56. The molecule has 3 rings (SSSR count). The SMILES string of the molecule is N#Cc1cccc(NC2CCOc3ccccc32)n1. The number of nitrogens with zero attached hydrogens (tertiary/aromatic N) is 2. The molecule has 0 spiro atoms. The van der Waals surface area contributed by atoms with Gasteiger partial charge in [0.2, 0.25) is 0 Å². The average molecular weight is 251 g/mol. The van der Waals surface area contributed by atoms with E-state index < -0.39 is 0 Å². The van der Waals surface area contributed by atoms with Crippen LogP contribution in [0.3, 0.4) is 0 Å². The summed E-state index contributed by atoms with van der Waals surface area (Å²) in [6.07, 6.45) is 0.884. The minimum Gasteiger partial charge on any atom is -0.493 e. The highest BCUT2D eigenvalue weighted by Crippen LogP contribution is 2.33. The van der Waals surface area contributed by atoms with Gasteiger partial charge in [-0.05, 0) is 18.2 Å². The number of ether oxygens (including phenoxy) is 1. The lowest BCUT2D eigenvalue weighted by molar-refractivity contribution is 0.274. The van der Waals surface area contributed by atoms with Crippen molar-refractivity contribution in [1.82, 2.24) is 4.98 Å². The van der Waals surface area contributed by atoms with Crippen molar-refractivity contribution in [3.63, 3.8) is 0 Å². The lowest BCUT2D eigenvalue weighted by atomic mass is 10.0. The maximum atomic E-state index is 8.87. The second-order valence-electron chi connectivity index (χ2n) is 4.39. The second kappa shape index (κ2) is 4.99. The summed E-state index contributed by atoms with van der Waals surface area (Å²) < 4.78 is 5.62. The first-order chi connectivity index (χ1) is 9.36. The van der Waals surface area contributed by atoms with Gasteiger partial charge in [-0.15, -0.1) is 0 Å². The molecule has 19 heavy (non-hydrogen) atoms. The molecule has 4 nitrogen and oxygen atoms in total. The first kappa shape index (κ1) is 11.5. The monoisotopic (exact) mass is 251 g/mol. The van der Waals surface area contributed by atoms with Crippen LogP contribution in [0.25, 0.3) is 0 Å². The van der Waals surface area contributed by atoms with Gasteiger partial charge in [-0.1, -0.05) is 24.3 Å². The molecule has 1 aliphatic heterocycles. The summed E-state index contributed by atoms with van der Waals surface area (Å²) in [6.45, 7) is 0.687. The Kier molecular flexibility index (Phi) is 3.03. The van der Waals surface area contributed by atoms with E-state index in [-0.39, 0.29) is 6.04 Å². The number of benzene rings is 1. The molecule has 0 saturated carbocycles. The van der Waals surface area contributed by atoms with Gasteiger partial charge in [0.05, 0.1) is 12.6 Å². The fourth-order valence-electron chi connectivity index (χ4n) is 2.25. The second-order valence-corrected chi connectivity index (χ2v) is 4.39. The van der Waals surface area contributed by atoms with Gasteiger partial charge in [-0.3, -0.25) is 0 Å². The average Bonchev–Trinajstić information content (AvgIpc) is 2.48. The summed E-state index contributed by atoms with van der Waals surface area (Å²) in [5.74, 6) is 1.64. The summed E-state index contributed by atoms with van der Waals surface area (Å²) in [5, 5.41) is 12.2. The molecule has 1 N–H and O–H groups in total. The van der Waals surface area contributed by atoms with Crippen LogP contribution in [-0.2, 0) is 0 Å². The highest BCUT2D eigenvalue weighted by molar-refractivity contribution is 5.45. The predicted octanol–water partition coefficient (Wildman–Crippen LogP) is 2.89. The van der Waals surface area contributed by atoms with Crippen LogP contribution in [0.2, 0.25) is 0 Å². The van der Waals surface area contributed by atoms with Gasteiger partial charge in [0.25, 0.3) is 0 Å². The Bertz CT molecular complexity index is 633. The molecule has 0 fully saturated rings. The third kappa shape index (κ3) is 2.36. The number of rotatable bonds is 2. The molecule has 0 aliphatic carbocycles. The number of pyridine rings is 1.